The lowest BCUT2D eigenvalue weighted by Crippen LogP contribution is -2.38. The molecule has 0 saturated carbocycles. The van der Waals surface area contributed by atoms with Gasteiger partial charge in [0, 0.05) is 5.04 Å². The number of nitriles is 2. The van der Waals surface area contributed by atoms with E-state index in [0.717, 1.165) is 6.55 Å². The van der Waals surface area contributed by atoms with Gasteiger partial charge < -0.3 is 0 Å². The molecule has 0 radical (unpaired) electrons. The minimum atomic E-state index is -4.38. The molecule has 5 heteroatoms. The minimum absolute atomic E-state index is 0.125. The molecule has 0 amide bonds. The van der Waals surface area contributed by atoms with E-state index in [1.165, 1.54) is 13.8 Å². The highest BCUT2D eigenvalue weighted by molar-refractivity contribution is 6.68. The molecule has 0 aliphatic heterocycles. The molecule has 72 valence electrons. The maximum absolute atomic E-state index is 13.1. The summed E-state index contributed by atoms with van der Waals surface area (Å²) in [5.41, 5.74) is 0. The first-order chi connectivity index (χ1) is 5.77. The van der Waals surface area contributed by atoms with Gasteiger partial charge in [0.1, 0.15) is 0 Å². The van der Waals surface area contributed by atoms with Gasteiger partial charge in [0.05, 0.1) is 24.5 Å². The van der Waals surface area contributed by atoms with Crippen molar-refractivity contribution in [1.82, 2.24) is 0 Å². The van der Waals surface area contributed by atoms with E-state index in [0.29, 0.717) is 0 Å². The molecule has 0 spiro atoms. The molecule has 2 nitrogen and oxygen atoms in total. The molecule has 0 aliphatic rings. The van der Waals surface area contributed by atoms with Gasteiger partial charge >= 0.3 is 8.74 Å². The fraction of sp³-hybridized carbons (Fsp3) is 0.750. The fourth-order valence-electron chi connectivity index (χ4n) is 0.859. The molecule has 0 aromatic carbocycles. The second-order valence-corrected chi connectivity index (χ2v) is 6.72. The molecule has 13 heavy (non-hydrogen) atoms. The van der Waals surface area contributed by atoms with Gasteiger partial charge in [-0.2, -0.15) is 10.5 Å². The molecular weight excluding hydrogens is 190 g/mol. The van der Waals surface area contributed by atoms with Crippen LogP contribution in [0.15, 0.2) is 0 Å². The zero-order valence-electron chi connectivity index (χ0n) is 7.93. The van der Waals surface area contributed by atoms with Crippen molar-refractivity contribution in [2.75, 3.05) is 0 Å². The second kappa shape index (κ2) is 3.84. The van der Waals surface area contributed by atoms with Crippen LogP contribution in [-0.4, -0.2) is 8.74 Å². The largest absolute Gasteiger partial charge is 0.428 e. The maximum Gasteiger partial charge on any atom is 0.428 e. The van der Waals surface area contributed by atoms with E-state index in [9.17, 15) is 8.22 Å². The minimum Gasteiger partial charge on any atom is -0.270 e. The molecule has 0 bridgehead atoms. The maximum atomic E-state index is 13.1. The van der Waals surface area contributed by atoms with Gasteiger partial charge in [0.25, 0.3) is 0 Å². The SMILES string of the molecule is CC(C)(C(C#N)CC#N)[Si](C)(F)F. The molecule has 1 unspecified atom stereocenters. The van der Waals surface area contributed by atoms with Crippen molar-refractivity contribution >= 4 is 8.74 Å². The Morgan fingerprint density at radius 3 is 2.08 bits per heavy atom. The Hall–Kier alpha value is -0.943. The number of halogens is 2. The van der Waals surface area contributed by atoms with Crippen LogP contribution in [0.5, 0.6) is 0 Å². The van der Waals surface area contributed by atoms with Crippen LogP contribution in [0.3, 0.4) is 0 Å². The van der Waals surface area contributed by atoms with E-state index in [2.05, 4.69) is 0 Å². The predicted octanol–water partition coefficient (Wildman–Crippen LogP) is 2.83. The standard InChI is InChI=1S/C8H12F2N2Si/c1-8(2,13(3,9)10)7(6-12)4-5-11/h7H,4H2,1-3H3. The predicted molar refractivity (Wildman–Crippen MR) is 47.2 cm³/mol. The van der Waals surface area contributed by atoms with Crippen LogP contribution >= 0.6 is 0 Å². The number of hydrogen-bond acceptors (Lipinski definition) is 2. The van der Waals surface area contributed by atoms with E-state index in [4.69, 9.17) is 10.5 Å². The first kappa shape index (κ1) is 12.1. The molecule has 0 aromatic rings. The summed E-state index contributed by atoms with van der Waals surface area (Å²) in [5, 5.41) is 15.7. The normalized spacial score (nSPS) is 14.4. The van der Waals surface area contributed by atoms with E-state index >= 15 is 0 Å². The quantitative estimate of drug-likeness (QED) is 0.522. The van der Waals surface area contributed by atoms with Crippen molar-refractivity contribution < 1.29 is 8.22 Å². The summed E-state index contributed by atoms with van der Waals surface area (Å²) >= 11 is 0. The van der Waals surface area contributed by atoms with Crippen LogP contribution in [0.25, 0.3) is 0 Å². The Balaban J connectivity index is 4.83. The highest BCUT2D eigenvalue weighted by Crippen LogP contribution is 2.46. The molecule has 0 aromatic heterocycles. The monoisotopic (exact) mass is 202 g/mol. The van der Waals surface area contributed by atoms with E-state index < -0.39 is 19.7 Å². The van der Waals surface area contributed by atoms with Crippen LogP contribution in [0.4, 0.5) is 8.22 Å². The third-order valence-electron chi connectivity index (χ3n) is 2.45. The van der Waals surface area contributed by atoms with E-state index in [1.54, 1.807) is 12.1 Å². The van der Waals surface area contributed by atoms with Gasteiger partial charge in [0.2, 0.25) is 0 Å². The van der Waals surface area contributed by atoms with Crippen molar-refractivity contribution in [3.63, 3.8) is 0 Å². The van der Waals surface area contributed by atoms with Crippen molar-refractivity contribution in [2.45, 2.75) is 31.9 Å². The Morgan fingerprint density at radius 2 is 1.85 bits per heavy atom. The first-order valence-electron chi connectivity index (χ1n) is 3.91. The Kier molecular flexibility index (Phi) is 3.56. The summed E-state index contributed by atoms with van der Waals surface area (Å²) in [6.07, 6.45) is -0.125. The average Bonchev–Trinajstić information content (AvgIpc) is 1.97. The van der Waals surface area contributed by atoms with Gasteiger partial charge in [-0.05, 0) is 6.55 Å². The van der Waals surface area contributed by atoms with Gasteiger partial charge in [-0.15, -0.1) is 0 Å². The van der Waals surface area contributed by atoms with Gasteiger partial charge in [-0.3, -0.25) is 8.22 Å². The van der Waals surface area contributed by atoms with Crippen molar-refractivity contribution in [3.8, 4) is 12.1 Å². The summed E-state index contributed by atoms with van der Waals surface area (Å²) < 4.78 is 26.3. The molecule has 0 fully saturated rings. The molecule has 0 N–H and O–H groups in total. The molecule has 0 saturated heterocycles. The fourth-order valence-corrected chi connectivity index (χ4v) is 1.64. The summed E-state index contributed by atoms with van der Waals surface area (Å²) in [6, 6.07) is 3.55. The van der Waals surface area contributed by atoms with E-state index in [-0.39, 0.29) is 6.42 Å². The summed E-state index contributed by atoms with van der Waals surface area (Å²) in [6.45, 7) is 3.64. The molecule has 1 atom stereocenters. The molecule has 0 heterocycles. The summed E-state index contributed by atoms with van der Waals surface area (Å²) in [4.78, 5) is 0. The van der Waals surface area contributed by atoms with Gasteiger partial charge in [0.15, 0.2) is 0 Å². The van der Waals surface area contributed by atoms with Crippen molar-refractivity contribution in [2.24, 2.45) is 5.92 Å². The highest BCUT2D eigenvalue weighted by atomic mass is 28.4. The number of hydrogen-bond donors (Lipinski definition) is 0. The van der Waals surface area contributed by atoms with Crippen LogP contribution in [-0.2, 0) is 0 Å². The van der Waals surface area contributed by atoms with Crippen LogP contribution < -0.4 is 0 Å². The topological polar surface area (TPSA) is 47.6 Å². The Labute approximate surface area is 78.1 Å². The lowest BCUT2D eigenvalue weighted by Gasteiger charge is -2.31. The zero-order chi connectivity index (χ0) is 10.7. The van der Waals surface area contributed by atoms with Gasteiger partial charge in [-0.1, -0.05) is 13.8 Å². The third-order valence-corrected chi connectivity index (χ3v) is 5.07. The molecular formula is C8H12F2N2Si. The smallest absolute Gasteiger partial charge is 0.270 e. The number of rotatable bonds is 3. The summed E-state index contributed by atoms with van der Waals surface area (Å²) in [5.74, 6) is -0.871. The van der Waals surface area contributed by atoms with Crippen molar-refractivity contribution in [1.29, 1.82) is 10.5 Å². The Morgan fingerprint density at radius 1 is 1.38 bits per heavy atom. The Bertz CT molecular complexity index is 257. The zero-order valence-corrected chi connectivity index (χ0v) is 8.93. The average molecular weight is 202 g/mol. The van der Waals surface area contributed by atoms with Crippen LogP contribution in [0.1, 0.15) is 20.3 Å². The van der Waals surface area contributed by atoms with Crippen LogP contribution in [0.2, 0.25) is 11.6 Å². The second-order valence-electron chi connectivity index (χ2n) is 3.65. The summed E-state index contributed by atoms with van der Waals surface area (Å²) in [7, 11) is -4.38. The lowest BCUT2D eigenvalue weighted by atomic mass is 9.93. The number of nitrogens with zero attached hydrogens (tertiary/aromatic N) is 2. The van der Waals surface area contributed by atoms with Crippen molar-refractivity contribution in [3.05, 3.63) is 0 Å². The lowest BCUT2D eigenvalue weighted by molar-refractivity contribution is 0.403. The van der Waals surface area contributed by atoms with Gasteiger partial charge in [-0.25, -0.2) is 0 Å². The van der Waals surface area contributed by atoms with E-state index in [1.807, 2.05) is 0 Å². The highest BCUT2D eigenvalue weighted by Gasteiger charge is 2.51. The molecule has 0 rings (SSSR count). The molecule has 0 aliphatic carbocycles. The van der Waals surface area contributed by atoms with Crippen LogP contribution in [0, 0.1) is 28.6 Å². The first-order valence-corrected chi connectivity index (χ1v) is 6.17. The third kappa shape index (κ3) is 2.50.